The lowest BCUT2D eigenvalue weighted by molar-refractivity contribution is 0.0566. The van der Waals surface area contributed by atoms with E-state index in [2.05, 4.69) is 39.6 Å². The van der Waals surface area contributed by atoms with Gasteiger partial charge in [0, 0.05) is 32.7 Å². The number of amides is 2. The van der Waals surface area contributed by atoms with Crippen LogP contribution in [-0.2, 0) is 6.54 Å². The first-order valence-electron chi connectivity index (χ1n) is 8.73. The molecule has 4 rings (SSSR count). The molecule has 0 aliphatic carbocycles. The Bertz CT molecular complexity index is 752. The van der Waals surface area contributed by atoms with Crippen LogP contribution < -0.4 is 5.32 Å². The third-order valence-electron chi connectivity index (χ3n) is 5.15. The SMILES string of the molecule is O=C(Nc1cnn(C(F)F)c1)N1C[C@H]2CN(Cc3ccccc3)C[C@H]2C1. The smallest absolute Gasteiger partial charge is 0.324 e. The van der Waals surface area contributed by atoms with Gasteiger partial charge in [0.05, 0.1) is 18.1 Å². The molecular formula is C18H21F2N5O. The summed E-state index contributed by atoms with van der Waals surface area (Å²) in [4.78, 5) is 16.6. The van der Waals surface area contributed by atoms with Gasteiger partial charge >= 0.3 is 12.6 Å². The summed E-state index contributed by atoms with van der Waals surface area (Å²) in [5.74, 6) is 0.932. The van der Waals surface area contributed by atoms with E-state index in [1.807, 2.05) is 6.07 Å². The Balaban J connectivity index is 1.29. The summed E-state index contributed by atoms with van der Waals surface area (Å²) in [7, 11) is 0. The van der Waals surface area contributed by atoms with Crippen LogP contribution in [0.2, 0.25) is 0 Å². The van der Waals surface area contributed by atoms with E-state index in [-0.39, 0.29) is 11.7 Å². The van der Waals surface area contributed by atoms with Crippen molar-refractivity contribution in [1.29, 1.82) is 0 Å². The molecule has 3 heterocycles. The molecule has 0 saturated carbocycles. The molecule has 2 aliphatic heterocycles. The van der Waals surface area contributed by atoms with E-state index >= 15 is 0 Å². The zero-order valence-corrected chi connectivity index (χ0v) is 14.3. The van der Waals surface area contributed by atoms with Crippen molar-refractivity contribution in [1.82, 2.24) is 19.6 Å². The minimum atomic E-state index is -2.71. The van der Waals surface area contributed by atoms with Crippen molar-refractivity contribution in [2.24, 2.45) is 11.8 Å². The number of hydrogen-bond acceptors (Lipinski definition) is 3. The maximum Gasteiger partial charge on any atom is 0.333 e. The van der Waals surface area contributed by atoms with Crippen molar-refractivity contribution in [3.05, 3.63) is 48.3 Å². The predicted octanol–water partition coefficient (Wildman–Crippen LogP) is 2.87. The van der Waals surface area contributed by atoms with Crippen LogP contribution in [0.4, 0.5) is 19.3 Å². The van der Waals surface area contributed by atoms with Crippen LogP contribution >= 0.6 is 0 Å². The first-order valence-corrected chi connectivity index (χ1v) is 8.73. The van der Waals surface area contributed by atoms with Crippen molar-refractivity contribution in [2.45, 2.75) is 13.1 Å². The van der Waals surface area contributed by atoms with E-state index in [0.717, 1.165) is 25.8 Å². The van der Waals surface area contributed by atoms with E-state index in [9.17, 15) is 13.6 Å². The molecule has 138 valence electrons. The first-order chi connectivity index (χ1) is 12.6. The first kappa shape index (κ1) is 17.0. The second kappa shape index (κ2) is 7.03. The maximum atomic E-state index is 12.5. The Morgan fingerprint density at radius 2 is 1.85 bits per heavy atom. The molecule has 1 N–H and O–H groups in total. The Morgan fingerprint density at radius 1 is 1.15 bits per heavy atom. The quantitative estimate of drug-likeness (QED) is 0.911. The third-order valence-corrected chi connectivity index (χ3v) is 5.15. The Hall–Kier alpha value is -2.48. The fourth-order valence-corrected chi connectivity index (χ4v) is 3.94. The van der Waals surface area contributed by atoms with Gasteiger partial charge in [0.25, 0.3) is 0 Å². The lowest BCUT2D eigenvalue weighted by Crippen LogP contribution is -2.36. The van der Waals surface area contributed by atoms with Gasteiger partial charge in [-0.15, -0.1) is 0 Å². The number of carbonyl (C=O) groups excluding carboxylic acids is 1. The average molecular weight is 361 g/mol. The van der Waals surface area contributed by atoms with Crippen molar-refractivity contribution in [3.8, 4) is 0 Å². The second-order valence-corrected chi connectivity index (χ2v) is 7.02. The fourth-order valence-electron chi connectivity index (χ4n) is 3.94. The monoisotopic (exact) mass is 361 g/mol. The lowest BCUT2D eigenvalue weighted by atomic mass is 10.0. The van der Waals surface area contributed by atoms with Crippen LogP contribution in [0.1, 0.15) is 12.1 Å². The number of urea groups is 1. The number of nitrogens with one attached hydrogen (secondary N) is 1. The maximum absolute atomic E-state index is 12.5. The Kier molecular flexibility index (Phi) is 4.58. The standard InChI is InChI=1S/C18H21F2N5O/c19-17(20)25-12-16(6-21-25)22-18(26)24-10-14-8-23(9-15(14)11-24)7-13-4-2-1-3-5-13/h1-6,12,14-15,17H,7-11H2,(H,22,26)/t14-,15+. The molecule has 0 bridgehead atoms. The van der Waals surface area contributed by atoms with Crippen LogP contribution in [0.3, 0.4) is 0 Å². The van der Waals surface area contributed by atoms with Gasteiger partial charge < -0.3 is 10.2 Å². The van der Waals surface area contributed by atoms with E-state index in [4.69, 9.17) is 0 Å². The number of nitrogens with zero attached hydrogens (tertiary/aromatic N) is 4. The number of hydrogen-bond donors (Lipinski definition) is 1. The number of rotatable bonds is 4. The molecule has 0 unspecified atom stereocenters. The van der Waals surface area contributed by atoms with E-state index in [1.165, 1.54) is 11.8 Å². The fraction of sp³-hybridized carbons (Fsp3) is 0.444. The van der Waals surface area contributed by atoms with Gasteiger partial charge in [0.2, 0.25) is 0 Å². The molecule has 2 aliphatic rings. The largest absolute Gasteiger partial charge is 0.333 e. The topological polar surface area (TPSA) is 53.4 Å². The summed E-state index contributed by atoms with van der Waals surface area (Å²) < 4.78 is 25.6. The van der Waals surface area contributed by atoms with Crippen LogP contribution in [-0.4, -0.2) is 51.8 Å². The van der Waals surface area contributed by atoms with Gasteiger partial charge in [0.15, 0.2) is 0 Å². The summed E-state index contributed by atoms with van der Waals surface area (Å²) in [5, 5.41) is 6.19. The van der Waals surface area contributed by atoms with Crippen LogP contribution in [0.5, 0.6) is 0 Å². The van der Waals surface area contributed by atoms with Gasteiger partial charge in [-0.05, 0) is 17.4 Å². The van der Waals surface area contributed by atoms with Gasteiger partial charge in [-0.1, -0.05) is 30.3 Å². The minimum absolute atomic E-state index is 0.247. The zero-order valence-electron chi connectivity index (χ0n) is 14.3. The minimum Gasteiger partial charge on any atom is -0.324 e. The predicted molar refractivity (Wildman–Crippen MR) is 92.8 cm³/mol. The molecule has 1 aromatic carbocycles. The highest BCUT2D eigenvalue weighted by atomic mass is 19.3. The molecule has 0 spiro atoms. The zero-order chi connectivity index (χ0) is 18.1. The molecule has 2 aromatic rings. The molecular weight excluding hydrogens is 340 g/mol. The van der Waals surface area contributed by atoms with Crippen LogP contribution in [0.15, 0.2) is 42.7 Å². The third kappa shape index (κ3) is 3.55. The number of anilines is 1. The number of alkyl halides is 2. The highest BCUT2D eigenvalue weighted by molar-refractivity contribution is 5.89. The number of carbonyl (C=O) groups is 1. The summed E-state index contributed by atoms with van der Waals surface area (Å²) in [5.41, 5.74) is 1.59. The van der Waals surface area contributed by atoms with Crippen molar-refractivity contribution < 1.29 is 13.6 Å². The average Bonchev–Trinajstić information content (AvgIpc) is 3.30. The van der Waals surface area contributed by atoms with E-state index in [0.29, 0.717) is 29.6 Å². The molecule has 6 nitrogen and oxygen atoms in total. The Morgan fingerprint density at radius 3 is 2.46 bits per heavy atom. The number of aromatic nitrogens is 2. The molecule has 2 atom stereocenters. The molecule has 2 fully saturated rings. The van der Waals surface area contributed by atoms with Crippen molar-refractivity contribution >= 4 is 11.7 Å². The summed E-state index contributed by atoms with van der Waals surface area (Å²) >= 11 is 0. The highest BCUT2D eigenvalue weighted by Gasteiger charge is 2.41. The summed E-state index contributed by atoms with van der Waals surface area (Å²) in [6.07, 6.45) is 2.38. The van der Waals surface area contributed by atoms with Crippen molar-refractivity contribution in [2.75, 3.05) is 31.5 Å². The van der Waals surface area contributed by atoms with Gasteiger partial charge in [0.1, 0.15) is 0 Å². The molecule has 26 heavy (non-hydrogen) atoms. The molecule has 0 radical (unpaired) electrons. The van der Waals surface area contributed by atoms with Gasteiger partial charge in [-0.3, -0.25) is 4.90 Å². The molecule has 2 amide bonds. The van der Waals surface area contributed by atoms with Crippen LogP contribution in [0, 0.1) is 11.8 Å². The molecule has 2 saturated heterocycles. The normalized spacial score (nSPS) is 22.8. The number of halogens is 2. The number of benzene rings is 1. The summed E-state index contributed by atoms with van der Waals surface area (Å²) in [6.45, 7) is 1.59. The van der Waals surface area contributed by atoms with Gasteiger partial charge in [-0.2, -0.15) is 13.9 Å². The van der Waals surface area contributed by atoms with E-state index < -0.39 is 6.55 Å². The molecule has 1 aromatic heterocycles. The van der Waals surface area contributed by atoms with Crippen molar-refractivity contribution in [3.63, 3.8) is 0 Å². The van der Waals surface area contributed by atoms with Crippen LogP contribution in [0.25, 0.3) is 0 Å². The number of fused-ring (bicyclic) bond motifs is 1. The second-order valence-electron chi connectivity index (χ2n) is 7.02. The highest BCUT2D eigenvalue weighted by Crippen LogP contribution is 2.32. The lowest BCUT2D eigenvalue weighted by Gasteiger charge is -2.21. The molecule has 8 heteroatoms. The van der Waals surface area contributed by atoms with Gasteiger partial charge in [-0.25, -0.2) is 9.48 Å². The summed E-state index contributed by atoms with van der Waals surface area (Å²) in [6, 6.07) is 10.1. The Labute approximate surface area is 150 Å². The van der Waals surface area contributed by atoms with E-state index in [1.54, 1.807) is 4.90 Å². The number of likely N-dealkylation sites (tertiary alicyclic amines) is 2.